The van der Waals surface area contributed by atoms with Gasteiger partial charge in [0.15, 0.2) is 0 Å². The summed E-state index contributed by atoms with van der Waals surface area (Å²) in [5.74, 6) is 0. The molecule has 1 aromatic rings. The maximum atomic E-state index is 11.8. The molecule has 0 saturated carbocycles. The second-order valence-electron chi connectivity index (χ2n) is 2.91. The molecule has 0 aliphatic heterocycles. The van der Waals surface area contributed by atoms with Crippen LogP contribution in [0.15, 0.2) is 15.2 Å². The minimum Gasteiger partial charge on any atom is -0.370 e. The lowest BCUT2D eigenvalue weighted by Crippen LogP contribution is -2.23. The summed E-state index contributed by atoms with van der Waals surface area (Å²) in [7, 11) is 0. The molecule has 1 heterocycles. The highest BCUT2D eigenvalue weighted by Crippen LogP contribution is 2.26. The van der Waals surface area contributed by atoms with Crippen LogP contribution in [0.25, 0.3) is 0 Å². The number of hydrogen-bond acceptors (Lipinski definition) is 3. The lowest BCUT2D eigenvalue weighted by atomic mass is 10.2. The summed E-state index contributed by atoms with van der Waals surface area (Å²) in [5.41, 5.74) is 6.42. The predicted molar refractivity (Wildman–Crippen MR) is 55.8 cm³/mol. The Balaban J connectivity index is 2.37. The van der Waals surface area contributed by atoms with Crippen LogP contribution >= 0.6 is 27.3 Å². The molecule has 1 rings (SSSR count). The normalized spacial score (nSPS) is 14.2. The van der Waals surface area contributed by atoms with Crippen molar-refractivity contribution in [3.05, 3.63) is 20.8 Å². The fraction of sp³-hybridized carbons (Fsp3) is 0.500. The van der Waals surface area contributed by atoms with Gasteiger partial charge in [-0.2, -0.15) is 24.5 Å². The number of halogens is 4. The van der Waals surface area contributed by atoms with Crippen LogP contribution in [0.5, 0.6) is 0 Å². The first kappa shape index (κ1) is 13.0. The Kier molecular flexibility index (Phi) is 4.57. The third kappa shape index (κ3) is 4.50. The molecular weight excluding hydrogens is 295 g/mol. The fourth-order valence-electron chi connectivity index (χ4n) is 0.947. The van der Waals surface area contributed by atoms with E-state index in [1.165, 1.54) is 11.3 Å². The minimum atomic E-state index is -4.30. The van der Waals surface area contributed by atoms with E-state index in [0.717, 1.165) is 10.0 Å². The molecule has 1 atom stereocenters. The van der Waals surface area contributed by atoms with Crippen molar-refractivity contribution in [2.24, 2.45) is 5.73 Å². The quantitative estimate of drug-likeness (QED) is 0.928. The largest absolute Gasteiger partial charge is 0.411 e. The molecule has 0 fully saturated rings. The van der Waals surface area contributed by atoms with Gasteiger partial charge in [0, 0.05) is 9.85 Å². The maximum Gasteiger partial charge on any atom is 0.411 e. The molecule has 1 aromatic heterocycles. The topological polar surface area (TPSA) is 35.2 Å². The minimum absolute atomic E-state index is 0.144. The lowest BCUT2D eigenvalue weighted by Gasteiger charge is -2.12. The van der Waals surface area contributed by atoms with Crippen molar-refractivity contribution in [3.63, 3.8) is 0 Å². The first-order valence-electron chi connectivity index (χ1n) is 4.02. The van der Waals surface area contributed by atoms with E-state index in [1.54, 1.807) is 5.38 Å². The number of nitrogens with two attached hydrogens (primary N) is 1. The highest BCUT2D eigenvalue weighted by atomic mass is 79.9. The van der Waals surface area contributed by atoms with Crippen LogP contribution in [0.4, 0.5) is 13.2 Å². The van der Waals surface area contributed by atoms with Crippen molar-refractivity contribution < 1.29 is 17.9 Å². The second-order valence-corrected chi connectivity index (χ2v) is 4.51. The lowest BCUT2D eigenvalue weighted by molar-refractivity contribution is -0.174. The molecule has 0 bridgehead atoms. The Hall–Kier alpha value is -0.110. The van der Waals surface area contributed by atoms with E-state index < -0.39 is 18.8 Å². The molecule has 15 heavy (non-hydrogen) atoms. The van der Waals surface area contributed by atoms with Gasteiger partial charge < -0.3 is 10.5 Å². The number of rotatable bonds is 4. The number of thiophene rings is 1. The van der Waals surface area contributed by atoms with Crippen LogP contribution in [-0.4, -0.2) is 19.4 Å². The molecule has 0 aromatic carbocycles. The molecular formula is C8H9BrF3NOS. The first-order chi connectivity index (χ1) is 6.90. The highest BCUT2D eigenvalue weighted by Gasteiger charge is 2.27. The van der Waals surface area contributed by atoms with Gasteiger partial charge in [-0.05, 0) is 26.9 Å². The average molecular weight is 304 g/mol. The van der Waals surface area contributed by atoms with Gasteiger partial charge >= 0.3 is 6.18 Å². The van der Waals surface area contributed by atoms with Gasteiger partial charge in [0.05, 0.1) is 12.6 Å². The van der Waals surface area contributed by atoms with Gasteiger partial charge in [0.1, 0.15) is 6.61 Å². The molecule has 0 radical (unpaired) electrons. The van der Waals surface area contributed by atoms with E-state index in [-0.39, 0.29) is 6.61 Å². The van der Waals surface area contributed by atoms with Crippen LogP contribution < -0.4 is 5.73 Å². The van der Waals surface area contributed by atoms with E-state index in [4.69, 9.17) is 5.73 Å². The summed E-state index contributed by atoms with van der Waals surface area (Å²) in [6.07, 6.45) is -4.30. The van der Waals surface area contributed by atoms with Crippen molar-refractivity contribution >= 4 is 27.3 Å². The molecule has 2 nitrogen and oxygen atoms in total. The third-order valence-corrected chi connectivity index (χ3v) is 3.36. The summed E-state index contributed by atoms with van der Waals surface area (Å²) < 4.78 is 40.5. The molecule has 86 valence electrons. The number of alkyl halides is 3. The van der Waals surface area contributed by atoms with Crippen molar-refractivity contribution in [2.75, 3.05) is 13.2 Å². The van der Waals surface area contributed by atoms with Gasteiger partial charge in [-0.3, -0.25) is 0 Å². The summed E-state index contributed by atoms with van der Waals surface area (Å²) in [5, 5.41) is 3.60. The van der Waals surface area contributed by atoms with Gasteiger partial charge in [0.2, 0.25) is 0 Å². The SMILES string of the molecule is NC(COCC(F)(F)F)c1cscc1Br. The standard InChI is InChI=1S/C8H9BrF3NOS/c9-6-3-15-2-5(6)7(13)1-14-4-8(10,11)12/h2-3,7H,1,4,13H2. The molecule has 1 unspecified atom stereocenters. The van der Waals surface area contributed by atoms with Gasteiger partial charge in [-0.15, -0.1) is 0 Å². The zero-order valence-corrected chi connectivity index (χ0v) is 9.95. The van der Waals surface area contributed by atoms with Gasteiger partial charge in [-0.25, -0.2) is 0 Å². The Morgan fingerprint density at radius 1 is 1.47 bits per heavy atom. The van der Waals surface area contributed by atoms with Crippen LogP contribution in [0, 0.1) is 0 Å². The van der Waals surface area contributed by atoms with Crippen LogP contribution in [0.3, 0.4) is 0 Å². The Labute approximate surface area is 97.3 Å². The summed E-state index contributed by atoms with van der Waals surface area (Å²) in [6.45, 7) is -1.41. The summed E-state index contributed by atoms with van der Waals surface area (Å²) >= 11 is 4.68. The summed E-state index contributed by atoms with van der Waals surface area (Å²) in [6, 6.07) is -0.534. The first-order valence-corrected chi connectivity index (χ1v) is 5.75. The van der Waals surface area contributed by atoms with Crippen molar-refractivity contribution in [2.45, 2.75) is 12.2 Å². The predicted octanol–water partition coefficient (Wildman–Crippen LogP) is 3.09. The average Bonchev–Trinajstić information content (AvgIpc) is 2.48. The smallest absolute Gasteiger partial charge is 0.370 e. The molecule has 2 N–H and O–H groups in total. The van der Waals surface area contributed by atoms with Gasteiger partial charge in [0.25, 0.3) is 0 Å². The van der Waals surface area contributed by atoms with E-state index in [0.29, 0.717) is 0 Å². The van der Waals surface area contributed by atoms with E-state index in [2.05, 4.69) is 20.7 Å². The molecule has 0 aliphatic carbocycles. The molecule has 0 aliphatic rings. The van der Waals surface area contributed by atoms with E-state index in [1.807, 2.05) is 5.38 Å². The zero-order valence-electron chi connectivity index (χ0n) is 7.55. The molecule has 7 heteroatoms. The Morgan fingerprint density at radius 2 is 2.13 bits per heavy atom. The molecule has 0 amide bonds. The molecule has 0 saturated heterocycles. The van der Waals surface area contributed by atoms with Gasteiger partial charge in [-0.1, -0.05) is 0 Å². The van der Waals surface area contributed by atoms with Crippen molar-refractivity contribution in [3.8, 4) is 0 Å². The van der Waals surface area contributed by atoms with Crippen LogP contribution in [0.2, 0.25) is 0 Å². The zero-order chi connectivity index (χ0) is 11.5. The van der Waals surface area contributed by atoms with Crippen LogP contribution in [0.1, 0.15) is 11.6 Å². The van der Waals surface area contributed by atoms with Crippen molar-refractivity contribution in [1.82, 2.24) is 0 Å². The third-order valence-electron chi connectivity index (χ3n) is 1.60. The van der Waals surface area contributed by atoms with E-state index in [9.17, 15) is 13.2 Å². The Morgan fingerprint density at radius 3 is 2.60 bits per heavy atom. The highest BCUT2D eigenvalue weighted by molar-refractivity contribution is 9.10. The van der Waals surface area contributed by atoms with Crippen LogP contribution in [-0.2, 0) is 4.74 Å². The Bertz CT molecular complexity index is 315. The molecule has 0 spiro atoms. The number of ether oxygens (including phenoxy) is 1. The fourth-order valence-corrected chi connectivity index (χ4v) is 2.60. The maximum absolute atomic E-state index is 11.8. The van der Waals surface area contributed by atoms with E-state index >= 15 is 0 Å². The summed E-state index contributed by atoms with van der Waals surface area (Å²) in [4.78, 5) is 0. The van der Waals surface area contributed by atoms with Crippen molar-refractivity contribution in [1.29, 1.82) is 0 Å². The number of hydrogen-bond donors (Lipinski definition) is 1. The second kappa shape index (κ2) is 5.29. The monoisotopic (exact) mass is 303 g/mol.